The first-order valence-corrected chi connectivity index (χ1v) is 7.06. The standard InChI is InChI=1S/C15H12BrFN2O/c16-10-1-3-12(13(17)8-10)15(20)19-11-2-4-14-9(7-11)5-6-18-14/h1-4,7-8,18H,5-6H2,(H,19,20). The van der Waals surface area contributed by atoms with Crippen LogP contribution in [0.15, 0.2) is 40.9 Å². The van der Waals surface area contributed by atoms with Gasteiger partial charge in [-0.05, 0) is 48.4 Å². The van der Waals surface area contributed by atoms with E-state index in [1.54, 1.807) is 6.07 Å². The molecule has 1 aliphatic rings. The number of hydrogen-bond donors (Lipinski definition) is 2. The number of carbonyl (C=O) groups is 1. The van der Waals surface area contributed by atoms with Crippen LogP contribution in [-0.2, 0) is 6.42 Å². The molecule has 0 unspecified atom stereocenters. The Morgan fingerprint density at radius 3 is 2.90 bits per heavy atom. The summed E-state index contributed by atoms with van der Waals surface area (Å²) in [6, 6.07) is 10.0. The molecule has 0 saturated heterocycles. The first-order chi connectivity index (χ1) is 9.63. The van der Waals surface area contributed by atoms with Gasteiger partial charge < -0.3 is 10.6 Å². The highest BCUT2D eigenvalue weighted by Gasteiger charge is 2.14. The van der Waals surface area contributed by atoms with Crippen LogP contribution in [0.5, 0.6) is 0 Å². The van der Waals surface area contributed by atoms with E-state index in [2.05, 4.69) is 26.6 Å². The first-order valence-electron chi connectivity index (χ1n) is 6.27. The molecule has 0 saturated carbocycles. The molecule has 0 fully saturated rings. The van der Waals surface area contributed by atoms with E-state index in [1.165, 1.54) is 17.7 Å². The molecule has 0 atom stereocenters. The van der Waals surface area contributed by atoms with E-state index in [1.807, 2.05) is 18.2 Å². The molecule has 1 aliphatic heterocycles. The molecule has 102 valence electrons. The summed E-state index contributed by atoms with van der Waals surface area (Å²) in [5.41, 5.74) is 2.98. The summed E-state index contributed by atoms with van der Waals surface area (Å²) in [7, 11) is 0. The van der Waals surface area contributed by atoms with Crippen LogP contribution in [0.2, 0.25) is 0 Å². The van der Waals surface area contributed by atoms with Gasteiger partial charge in [0.1, 0.15) is 5.82 Å². The summed E-state index contributed by atoms with van der Waals surface area (Å²) in [4.78, 5) is 12.1. The number of fused-ring (bicyclic) bond motifs is 1. The SMILES string of the molecule is O=C(Nc1ccc2c(c1)CCN2)c1ccc(Br)cc1F. The highest BCUT2D eigenvalue weighted by atomic mass is 79.9. The molecule has 0 bridgehead atoms. The third-order valence-corrected chi connectivity index (χ3v) is 3.74. The summed E-state index contributed by atoms with van der Waals surface area (Å²) in [5, 5.41) is 5.98. The quantitative estimate of drug-likeness (QED) is 0.876. The second kappa shape index (κ2) is 5.25. The van der Waals surface area contributed by atoms with E-state index < -0.39 is 11.7 Å². The highest BCUT2D eigenvalue weighted by Crippen LogP contribution is 2.25. The molecule has 1 heterocycles. The van der Waals surface area contributed by atoms with Crippen LogP contribution in [0.4, 0.5) is 15.8 Å². The maximum atomic E-state index is 13.7. The van der Waals surface area contributed by atoms with Crippen LogP contribution >= 0.6 is 15.9 Å². The van der Waals surface area contributed by atoms with Gasteiger partial charge in [-0.15, -0.1) is 0 Å². The minimum atomic E-state index is -0.542. The molecule has 0 spiro atoms. The lowest BCUT2D eigenvalue weighted by Crippen LogP contribution is -2.13. The Hall–Kier alpha value is -1.88. The molecular weight excluding hydrogens is 323 g/mol. The van der Waals surface area contributed by atoms with Crippen LogP contribution in [0.3, 0.4) is 0 Å². The molecule has 0 radical (unpaired) electrons. The molecule has 0 aliphatic carbocycles. The summed E-state index contributed by atoms with van der Waals surface area (Å²) >= 11 is 3.17. The van der Waals surface area contributed by atoms with E-state index in [9.17, 15) is 9.18 Å². The summed E-state index contributed by atoms with van der Waals surface area (Å²) < 4.78 is 14.3. The van der Waals surface area contributed by atoms with Crippen LogP contribution in [0.25, 0.3) is 0 Å². The Bertz CT molecular complexity index is 688. The largest absolute Gasteiger partial charge is 0.384 e. The van der Waals surface area contributed by atoms with E-state index >= 15 is 0 Å². The van der Waals surface area contributed by atoms with E-state index in [4.69, 9.17) is 0 Å². The van der Waals surface area contributed by atoms with E-state index in [0.717, 1.165) is 18.7 Å². The molecule has 0 aromatic heterocycles. The Balaban J connectivity index is 1.82. The van der Waals surface area contributed by atoms with Crippen molar-refractivity contribution in [3.63, 3.8) is 0 Å². The highest BCUT2D eigenvalue weighted by molar-refractivity contribution is 9.10. The van der Waals surface area contributed by atoms with Crippen molar-refractivity contribution in [2.24, 2.45) is 0 Å². The number of amides is 1. The smallest absolute Gasteiger partial charge is 0.258 e. The van der Waals surface area contributed by atoms with Gasteiger partial charge in [0.05, 0.1) is 5.56 Å². The molecule has 2 aromatic rings. The van der Waals surface area contributed by atoms with Crippen LogP contribution in [0.1, 0.15) is 15.9 Å². The molecule has 2 N–H and O–H groups in total. The molecule has 5 heteroatoms. The van der Waals surface area contributed by atoms with Crippen LogP contribution in [-0.4, -0.2) is 12.5 Å². The molecule has 3 rings (SSSR count). The van der Waals surface area contributed by atoms with Crippen LogP contribution in [0, 0.1) is 5.82 Å². The van der Waals surface area contributed by atoms with E-state index in [0.29, 0.717) is 10.2 Å². The normalized spacial score (nSPS) is 12.7. The van der Waals surface area contributed by atoms with Crippen molar-refractivity contribution < 1.29 is 9.18 Å². The van der Waals surface area contributed by atoms with Crippen molar-refractivity contribution >= 4 is 33.2 Å². The fourth-order valence-corrected chi connectivity index (χ4v) is 2.59. The van der Waals surface area contributed by atoms with Crippen molar-refractivity contribution in [3.8, 4) is 0 Å². The summed E-state index contributed by atoms with van der Waals surface area (Å²) in [6.07, 6.45) is 0.936. The number of hydrogen-bond acceptors (Lipinski definition) is 2. The number of carbonyl (C=O) groups excluding carboxylic acids is 1. The minimum absolute atomic E-state index is 0.0341. The third kappa shape index (κ3) is 2.54. The molecule has 1 amide bonds. The Kier molecular flexibility index (Phi) is 3.44. The van der Waals surface area contributed by atoms with Gasteiger partial charge in [-0.2, -0.15) is 0 Å². The molecule has 20 heavy (non-hydrogen) atoms. The monoisotopic (exact) mass is 334 g/mol. The maximum absolute atomic E-state index is 13.7. The van der Waals surface area contributed by atoms with Crippen molar-refractivity contribution in [3.05, 3.63) is 57.8 Å². The lowest BCUT2D eigenvalue weighted by atomic mass is 10.1. The number of rotatable bonds is 2. The number of benzene rings is 2. The zero-order valence-electron chi connectivity index (χ0n) is 10.5. The second-order valence-electron chi connectivity index (χ2n) is 4.63. The zero-order valence-corrected chi connectivity index (χ0v) is 12.1. The summed E-state index contributed by atoms with van der Waals surface area (Å²) in [5.74, 6) is -0.986. The molecular formula is C15H12BrFN2O. The topological polar surface area (TPSA) is 41.1 Å². The lowest BCUT2D eigenvalue weighted by Gasteiger charge is -2.08. The van der Waals surface area contributed by atoms with Gasteiger partial charge >= 0.3 is 0 Å². The Morgan fingerprint density at radius 2 is 2.10 bits per heavy atom. The predicted octanol–water partition coefficient (Wildman–Crippen LogP) is 3.81. The Morgan fingerprint density at radius 1 is 1.25 bits per heavy atom. The van der Waals surface area contributed by atoms with Crippen molar-refractivity contribution in [1.82, 2.24) is 0 Å². The molecule has 2 aromatic carbocycles. The number of halogens is 2. The van der Waals surface area contributed by atoms with Gasteiger partial charge in [0, 0.05) is 22.4 Å². The van der Waals surface area contributed by atoms with E-state index in [-0.39, 0.29) is 5.56 Å². The van der Waals surface area contributed by atoms with Gasteiger partial charge in [-0.25, -0.2) is 4.39 Å². The van der Waals surface area contributed by atoms with Crippen molar-refractivity contribution in [1.29, 1.82) is 0 Å². The molecule has 3 nitrogen and oxygen atoms in total. The fourth-order valence-electron chi connectivity index (χ4n) is 2.25. The van der Waals surface area contributed by atoms with Gasteiger partial charge in [0.2, 0.25) is 0 Å². The maximum Gasteiger partial charge on any atom is 0.258 e. The fraction of sp³-hybridized carbons (Fsp3) is 0.133. The lowest BCUT2D eigenvalue weighted by molar-refractivity contribution is 0.102. The predicted molar refractivity (Wildman–Crippen MR) is 80.7 cm³/mol. The Labute approximate surface area is 124 Å². The first kappa shape index (κ1) is 13.1. The van der Waals surface area contributed by atoms with Gasteiger partial charge in [-0.3, -0.25) is 4.79 Å². The van der Waals surface area contributed by atoms with Crippen molar-refractivity contribution in [2.45, 2.75) is 6.42 Å². The average molecular weight is 335 g/mol. The second-order valence-corrected chi connectivity index (χ2v) is 5.54. The summed E-state index contributed by atoms with van der Waals surface area (Å²) in [6.45, 7) is 0.911. The van der Waals surface area contributed by atoms with Gasteiger partial charge in [-0.1, -0.05) is 15.9 Å². The van der Waals surface area contributed by atoms with Gasteiger partial charge in [0.15, 0.2) is 0 Å². The zero-order chi connectivity index (χ0) is 14.1. The number of nitrogens with one attached hydrogen (secondary N) is 2. The minimum Gasteiger partial charge on any atom is -0.384 e. The van der Waals surface area contributed by atoms with Crippen molar-refractivity contribution in [2.75, 3.05) is 17.2 Å². The average Bonchev–Trinajstić information content (AvgIpc) is 2.85. The third-order valence-electron chi connectivity index (χ3n) is 3.25. The van der Waals surface area contributed by atoms with Crippen LogP contribution < -0.4 is 10.6 Å². The van der Waals surface area contributed by atoms with Gasteiger partial charge in [0.25, 0.3) is 5.91 Å². The number of anilines is 2.